The maximum atomic E-state index is 12.9. The van der Waals surface area contributed by atoms with Gasteiger partial charge in [-0.05, 0) is 44.5 Å². The molecule has 1 aromatic carbocycles. The number of hydrogen-bond acceptors (Lipinski definition) is 5. The fourth-order valence-electron chi connectivity index (χ4n) is 2.90. The molecule has 1 aromatic rings. The van der Waals surface area contributed by atoms with Crippen molar-refractivity contribution in [2.45, 2.75) is 44.6 Å². The van der Waals surface area contributed by atoms with E-state index >= 15 is 0 Å². The van der Waals surface area contributed by atoms with Crippen molar-refractivity contribution < 1.29 is 17.9 Å². The number of benzene rings is 1. The fraction of sp³-hybridized carbons (Fsp3) is 0.588. The molecule has 0 saturated carbocycles. The highest BCUT2D eigenvalue weighted by molar-refractivity contribution is 7.89. The molecule has 7 nitrogen and oxygen atoms in total. The van der Waals surface area contributed by atoms with E-state index in [0.717, 1.165) is 19.4 Å². The highest BCUT2D eigenvalue weighted by Gasteiger charge is 2.27. The van der Waals surface area contributed by atoms with Gasteiger partial charge in [0, 0.05) is 18.8 Å². The molecule has 1 amide bonds. The molecule has 0 aromatic heterocycles. The van der Waals surface area contributed by atoms with Gasteiger partial charge in [-0.3, -0.25) is 4.79 Å². The molecule has 0 bridgehead atoms. The minimum Gasteiger partial charge on any atom is -0.492 e. The fourth-order valence-corrected chi connectivity index (χ4v) is 4.52. The van der Waals surface area contributed by atoms with Gasteiger partial charge in [-0.15, -0.1) is 12.4 Å². The van der Waals surface area contributed by atoms with E-state index < -0.39 is 10.0 Å². The van der Waals surface area contributed by atoms with Crippen LogP contribution in [0, 0.1) is 0 Å². The van der Waals surface area contributed by atoms with E-state index in [1.165, 1.54) is 10.4 Å². The summed E-state index contributed by atoms with van der Waals surface area (Å²) in [6.07, 6.45) is 1.75. The minimum atomic E-state index is -3.69. The van der Waals surface area contributed by atoms with Crippen LogP contribution in [-0.2, 0) is 14.8 Å². The van der Waals surface area contributed by atoms with Gasteiger partial charge in [0.05, 0.1) is 12.6 Å². The molecule has 2 N–H and O–H groups in total. The largest absolute Gasteiger partial charge is 0.492 e. The van der Waals surface area contributed by atoms with Gasteiger partial charge >= 0.3 is 0 Å². The average molecular weight is 406 g/mol. The van der Waals surface area contributed by atoms with Gasteiger partial charge in [-0.2, -0.15) is 4.31 Å². The highest BCUT2D eigenvalue weighted by atomic mass is 35.5. The lowest BCUT2D eigenvalue weighted by molar-refractivity contribution is -0.117. The van der Waals surface area contributed by atoms with Crippen molar-refractivity contribution in [1.82, 2.24) is 9.62 Å². The van der Waals surface area contributed by atoms with Gasteiger partial charge in [0.1, 0.15) is 10.6 Å². The number of halogens is 1. The van der Waals surface area contributed by atoms with Crippen molar-refractivity contribution in [3.8, 4) is 5.75 Å². The summed E-state index contributed by atoms with van der Waals surface area (Å²) >= 11 is 0. The molecule has 2 rings (SSSR count). The summed E-state index contributed by atoms with van der Waals surface area (Å²) in [6.45, 7) is 7.30. The lowest BCUT2D eigenvalue weighted by Gasteiger charge is -2.21. The zero-order chi connectivity index (χ0) is 18.4. The molecule has 0 radical (unpaired) electrons. The van der Waals surface area contributed by atoms with E-state index in [1.54, 1.807) is 32.9 Å². The second kappa shape index (κ2) is 10.1. The van der Waals surface area contributed by atoms with Crippen LogP contribution in [0.25, 0.3) is 0 Å². The molecular weight excluding hydrogens is 378 g/mol. The monoisotopic (exact) mass is 405 g/mol. The Morgan fingerprint density at radius 1 is 1.31 bits per heavy atom. The summed E-state index contributed by atoms with van der Waals surface area (Å²) in [5.74, 6) is 0.152. The summed E-state index contributed by atoms with van der Waals surface area (Å²) < 4.78 is 32.7. The normalized spacial score (nSPS) is 17.0. The number of anilines is 1. The lowest BCUT2D eigenvalue weighted by atomic mass is 10.2. The van der Waals surface area contributed by atoms with Crippen molar-refractivity contribution >= 4 is 34.0 Å². The highest BCUT2D eigenvalue weighted by Crippen LogP contribution is 2.30. The number of rotatable bonds is 8. The van der Waals surface area contributed by atoms with Crippen molar-refractivity contribution in [3.05, 3.63) is 18.2 Å². The van der Waals surface area contributed by atoms with Gasteiger partial charge in [-0.1, -0.05) is 13.8 Å². The topological polar surface area (TPSA) is 87.7 Å². The van der Waals surface area contributed by atoms with Crippen LogP contribution < -0.4 is 15.4 Å². The van der Waals surface area contributed by atoms with Crippen LogP contribution in [0.2, 0.25) is 0 Å². The predicted molar refractivity (Wildman–Crippen MR) is 105 cm³/mol. The number of hydrogen-bond donors (Lipinski definition) is 2. The third-order valence-electron chi connectivity index (χ3n) is 4.21. The van der Waals surface area contributed by atoms with Crippen LogP contribution in [0.4, 0.5) is 5.69 Å². The number of ether oxygens (including phenoxy) is 1. The van der Waals surface area contributed by atoms with E-state index in [2.05, 4.69) is 10.6 Å². The number of amides is 1. The maximum absolute atomic E-state index is 12.9. The molecule has 9 heteroatoms. The summed E-state index contributed by atoms with van der Waals surface area (Å²) in [5, 5.41) is 5.93. The van der Waals surface area contributed by atoms with Crippen molar-refractivity contribution in [2.75, 3.05) is 31.6 Å². The Kier molecular flexibility index (Phi) is 8.82. The zero-order valence-corrected chi connectivity index (χ0v) is 17.1. The molecule has 148 valence electrons. The van der Waals surface area contributed by atoms with E-state index in [-0.39, 0.29) is 29.3 Å². The molecule has 0 spiro atoms. The lowest BCUT2D eigenvalue weighted by Crippen LogP contribution is -2.35. The first kappa shape index (κ1) is 22.7. The molecular formula is C17H28ClN3O4S. The van der Waals surface area contributed by atoms with Crippen molar-refractivity contribution in [1.29, 1.82) is 0 Å². The zero-order valence-electron chi connectivity index (χ0n) is 15.4. The Labute approximate surface area is 161 Å². The van der Waals surface area contributed by atoms with E-state index in [4.69, 9.17) is 4.74 Å². The van der Waals surface area contributed by atoms with Crippen LogP contribution in [-0.4, -0.2) is 50.9 Å². The van der Waals surface area contributed by atoms with Crippen molar-refractivity contribution in [3.63, 3.8) is 0 Å². The predicted octanol–water partition coefficient (Wildman–Crippen LogP) is 2.23. The van der Waals surface area contributed by atoms with E-state index in [9.17, 15) is 13.2 Å². The Hall–Kier alpha value is -1.35. The molecule has 1 atom stereocenters. The van der Waals surface area contributed by atoms with Crippen molar-refractivity contribution in [2.24, 2.45) is 0 Å². The number of carbonyl (C=O) groups is 1. The number of sulfonamides is 1. The van der Waals surface area contributed by atoms with Crippen LogP contribution in [0.3, 0.4) is 0 Å². The number of nitrogens with zero attached hydrogens (tertiary/aromatic N) is 1. The number of nitrogens with one attached hydrogen (secondary N) is 2. The molecule has 1 fully saturated rings. The Bertz CT molecular complexity index is 702. The SMILES string of the molecule is CCOc1ccc(NC(=O)C2CCCN2)cc1S(=O)(=O)N(CC)CC.Cl. The first-order valence-electron chi connectivity index (χ1n) is 8.75. The first-order valence-corrected chi connectivity index (χ1v) is 10.2. The Morgan fingerprint density at radius 2 is 2.00 bits per heavy atom. The van der Waals surface area contributed by atoms with Crippen LogP contribution in [0.1, 0.15) is 33.6 Å². The van der Waals surface area contributed by atoms with Crippen LogP contribution >= 0.6 is 12.4 Å². The minimum absolute atomic E-state index is 0. The number of carbonyl (C=O) groups excluding carboxylic acids is 1. The molecule has 26 heavy (non-hydrogen) atoms. The van der Waals surface area contributed by atoms with Crippen LogP contribution in [0.15, 0.2) is 23.1 Å². The van der Waals surface area contributed by atoms with Gasteiger partial charge in [-0.25, -0.2) is 8.42 Å². The van der Waals surface area contributed by atoms with Gasteiger partial charge in [0.25, 0.3) is 0 Å². The standard InChI is InChI=1S/C17H27N3O4S.ClH/c1-4-20(5-2)25(22,23)16-12-13(9-10-15(16)24-6-3)19-17(21)14-8-7-11-18-14;/h9-10,12,14,18H,4-8,11H2,1-3H3,(H,19,21);1H. The molecule has 1 heterocycles. The third kappa shape index (κ3) is 5.09. The van der Waals surface area contributed by atoms with E-state index in [1.807, 2.05) is 0 Å². The molecule has 1 aliphatic heterocycles. The third-order valence-corrected chi connectivity index (χ3v) is 6.28. The summed E-state index contributed by atoms with van der Waals surface area (Å²) in [4.78, 5) is 12.3. The van der Waals surface area contributed by atoms with Gasteiger partial charge in [0.15, 0.2) is 0 Å². The second-order valence-electron chi connectivity index (χ2n) is 5.82. The Balaban J connectivity index is 0.00000338. The average Bonchev–Trinajstić information content (AvgIpc) is 3.12. The molecule has 1 saturated heterocycles. The molecule has 1 unspecified atom stereocenters. The van der Waals surface area contributed by atoms with Gasteiger partial charge in [0.2, 0.25) is 15.9 Å². The van der Waals surface area contributed by atoms with E-state index in [0.29, 0.717) is 31.1 Å². The summed E-state index contributed by atoms with van der Waals surface area (Å²) in [7, 11) is -3.69. The summed E-state index contributed by atoms with van der Waals surface area (Å²) in [6, 6.07) is 4.51. The van der Waals surface area contributed by atoms with Crippen LogP contribution in [0.5, 0.6) is 5.75 Å². The first-order chi connectivity index (χ1) is 11.9. The van der Waals surface area contributed by atoms with Gasteiger partial charge < -0.3 is 15.4 Å². The molecule has 0 aliphatic carbocycles. The smallest absolute Gasteiger partial charge is 0.246 e. The summed E-state index contributed by atoms with van der Waals surface area (Å²) in [5.41, 5.74) is 0.452. The maximum Gasteiger partial charge on any atom is 0.246 e. The Morgan fingerprint density at radius 3 is 2.54 bits per heavy atom. The quantitative estimate of drug-likeness (QED) is 0.692. The molecule has 1 aliphatic rings. The second-order valence-corrected chi connectivity index (χ2v) is 7.73.